The second-order valence-corrected chi connectivity index (χ2v) is 5.98. The van der Waals surface area contributed by atoms with E-state index in [1.807, 2.05) is 30.7 Å². The number of rotatable bonds is 6. The molecule has 0 aliphatic rings. The van der Waals surface area contributed by atoms with Gasteiger partial charge in [-0.1, -0.05) is 12.1 Å². The largest absolute Gasteiger partial charge is 0.309 e. The molecule has 1 amide bonds. The fraction of sp³-hybridized carbons (Fsp3) is 0.278. The van der Waals surface area contributed by atoms with Crippen LogP contribution in [0.25, 0.3) is 0 Å². The van der Waals surface area contributed by atoms with Crippen molar-refractivity contribution < 1.29 is 9.18 Å². The summed E-state index contributed by atoms with van der Waals surface area (Å²) in [5.74, 6) is 0.0839. The molecule has 0 aliphatic carbocycles. The van der Waals surface area contributed by atoms with Crippen LogP contribution in [0.5, 0.6) is 0 Å². The SMILES string of the molecule is Cc1cc(C)n(CCC(=O)Nc2ccn(Cc3cccc(F)c3)n2)n1. The maximum atomic E-state index is 13.2. The standard InChI is InChI=1S/C18H20FN5O/c1-13-10-14(2)24(21-13)9-7-18(25)20-17-6-8-23(22-17)12-15-4-3-5-16(19)11-15/h3-6,8,10-11H,7,9,12H2,1-2H3,(H,20,22,25). The molecule has 0 bridgehead atoms. The number of anilines is 1. The second-order valence-electron chi connectivity index (χ2n) is 5.98. The third-order valence-corrected chi connectivity index (χ3v) is 3.80. The Morgan fingerprint density at radius 2 is 2.04 bits per heavy atom. The predicted molar refractivity (Wildman–Crippen MR) is 92.7 cm³/mol. The van der Waals surface area contributed by atoms with Crippen molar-refractivity contribution in [1.29, 1.82) is 0 Å². The molecular weight excluding hydrogens is 321 g/mol. The van der Waals surface area contributed by atoms with E-state index < -0.39 is 0 Å². The Morgan fingerprint density at radius 3 is 2.76 bits per heavy atom. The molecule has 6 nitrogen and oxygen atoms in total. The predicted octanol–water partition coefficient (Wildman–Crippen LogP) is 2.91. The van der Waals surface area contributed by atoms with E-state index in [2.05, 4.69) is 15.5 Å². The molecule has 2 aromatic heterocycles. The number of nitrogens with zero attached hydrogens (tertiary/aromatic N) is 4. The van der Waals surface area contributed by atoms with Crippen molar-refractivity contribution in [1.82, 2.24) is 19.6 Å². The zero-order valence-electron chi connectivity index (χ0n) is 14.2. The monoisotopic (exact) mass is 341 g/mol. The number of hydrogen-bond donors (Lipinski definition) is 1. The van der Waals surface area contributed by atoms with Crippen molar-refractivity contribution in [2.75, 3.05) is 5.32 Å². The maximum absolute atomic E-state index is 13.2. The van der Waals surface area contributed by atoms with Crippen LogP contribution in [0.15, 0.2) is 42.6 Å². The van der Waals surface area contributed by atoms with Gasteiger partial charge in [0.2, 0.25) is 5.91 Å². The average Bonchev–Trinajstić information content (AvgIpc) is 3.11. The molecule has 0 saturated heterocycles. The highest BCUT2D eigenvalue weighted by Gasteiger charge is 2.08. The zero-order chi connectivity index (χ0) is 17.8. The molecule has 0 spiro atoms. The van der Waals surface area contributed by atoms with Crippen LogP contribution in [0, 0.1) is 19.7 Å². The highest BCUT2D eigenvalue weighted by Crippen LogP contribution is 2.09. The number of hydrogen-bond acceptors (Lipinski definition) is 3. The molecule has 0 radical (unpaired) electrons. The van der Waals surface area contributed by atoms with Crippen molar-refractivity contribution in [3.05, 3.63) is 65.4 Å². The minimum atomic E-state index is -0.276. The zero-order valence-corrected chi connectivity index (χ0v) is 14.2. The normalized spacial score (nSPS) is 10.8. The smallest absolute Gasteiger partial charge is 0.227 e. The molecule has 0 unspecified atom stereocenters. The molecule has 1 aromatic carbocycles. The fourth-order valence-corrected chi connectivity index (χ4v) is 2.65. The van der Waals surface area contributed by atoms with Crippen LogP contribution < -0.4 is 5.32 Å². The quantitative estimate of drug-likeness (QED) is 0.750. The molecule has 2 heterocycles. The summed E-state index contributed by atoms with van der Waals surface area (Å²) in [6.07, 6.45) is 2.07. The number of benzene rings is 1. The minimum absolute atomic E-state index is 0.122. The minimum Gasteiger partial charge on any atom is -0.309 e. The van der Waals surface area contributed by atoms with Crippen molar-refractivity contribution in [2.24, 2.45) is 0 Å². The Kier molecular flexibility index (Phi) is 4.92. The van der Waals surface area contributed by atoms with Crippen LogP contribution >= 0.6 is 0 Å². The molecule has 0 saturated carbocycles. The Labute approximate surface area is 145 Å². The molecule has 0 aliphatic heterocycles. The van der Waals surface area contributed by atoms with Gasteiger partial charge >= 0.3 is 0 Å². The van der Waals surface area contributed by atoms with Gasteiger partial charge in [-0.15, -0.1) is 0 Å². The van der Waals surface area contributed by atoms with Gasteiger partial charge in [0.25, 0.3) is 0 Å². The summed E-state index contributed by atoms with van der Waals surface area (Å²) in [5.41, 5.74) is 2.78. The first-order valence-electron chi connectivity index (χ1n) is 8.08. The number of aryl methyl sites for hydroxylation is 3. The van der Waals surface area contributed by atoms with E-state index in [0.29, 0.717) is 25.3 Å². The van der Waals surface area contributed by atoms with Gasteiger partial charge in [0.15, 0.2) is 5.82 Å². The lowest BCUT2D eigenvalue weighted by Crippen LogP contribution is -2.16. The maximum Gasteiger partial charge on any atom is 0.227 e. The van der Waals surface area contributed by atoms with Gasteiger partial charge in [0, 0.05) is 30.9 Å². The number of carbonyl (C=O) groups excluding carboxylic acids is 1. The molecule has 3 rings (SSSR count). The molecule has 130 valence electrons. The van der Waals surface area contributed by atoms with Crippen molar-refractivity contribution in [3.63, 3.8) is 0 Å². The summed E-state index contributed by atoms with van der Waals surface area (Å²) < 4.78 is 16.7. The van der Waals surface area contributed by atoms with Crippen LogP contribution in [0.1, 0.15) is 23.4 Å². The number of halogens is 1. The molecule has 7 heteroatoms. The van der Waals surface area contributed by atoms with E-state index in [-0.39, 0.29) is 11.7 Å². The summed E-state index contributed by atoms with van der Waals surface area (Å²) in [5, 5.41) is 11.4. The summed E-state index contributed by atoms with van der Waals surface area (Å²) in [4.78, 5) is 12.1. The lowest BCUT2D eigenvalue weighted by Gasteiger charge is -2.05. The van der Waals surface area contributed by atoms with Crippen molar-refractivity contribution >= 4 is 11.7 Å². The summed E-state index contributed by atoms with van der Waals surface area (Å²) in [6, 6.07) is 10.1. The first kappa shape index (κ1) is 16.9. The van der Waals surface area contributed by atoms with E-state index in [4.69, 9.17) is 0 Å². The van der Waals surface area contributed by atoms with E-state index in [0.717, 1.165) is 17.0 Å². The van der Waals surface area contributed by atoms with E-state index in [9.17, 15) is 9.18 Å². The highest BCUT2D eigenvalue weighted by atomic mass is 19.1. The molecule has 1 N–H and O–H groups in total. The van der Waals surface area contributed by atoms with Crippen LogP contribution in [-0.4, -0.2) is 25.5 Å². The van der Waals surface area contributed by atoms with Crippen LogP contribution in [0.2, 0.25) is 0 Å². The second kappa shape index (κ2) is 7.29. The van der Waals surface area contributed by atoms with Crippen LogP contribution in [0.3, 0.4) is 0 Å². The third-order valence-electron chi connectivity index (χ3n) is 3.80. The summed E-state index contributed by atoms with van der Waals surface area (Å²) in [7, 11) is 0. The van der Waals surface area contributed by atoms with Gasteiger partial charge in [-0.05, 0) is 37.6 Å². The van der Waals surface area contributed by atoms with Gasteiger partial charge < -0.3 is 5.32 Å². The van der Waals surface area contributed by atoms with Gasteiger partial charge in [0.1, 0.15) is 5.82 Å². The van der Waals surface area contributed by atoms with E-state index in [1.54, 1.807) is 23.0 Å². The van der Waals surface area contributed by atoms with Gasteiger partial charge in [-0.2, -0.15) is 10.2 Å². The Balaban J connectivity index is 1.54. The Morgan fingerprint density at radius 1 is 1.20 bits per heavy atom. The Hall–Kier alpha value is -2.96. The molecule has 3 aromatic rings. The summed E-state index contributed by atoms with van der Waals surface area (Å²) >= 11 is 0. The molecular formula is C18H20FN5O. The third kappa shape index (κ3) is 4.53. The topological polar surface area (TPSA) is 64.7 Å². The molecule has 25 heavy (non-hydrogen) atoms. The van der Waals surface area contributed by atoms with E-state index >= 15 is 0 Å². The summed E-state index contributed by atoms with van der Waals surface area (Å²) in [6.45, 7) is 4.86. The first-order valence-corrected chi connectivity index (χ1v) is 8.08. The average molecular weight is 341 g/mol. The van der Waals surface area contributed by atoms with Gasteiger partial charge in [-0.3, -0.25) is 14.2 Å². The molecule has 0 fully saturated rings. The highest BCUT2D eigenvalue weighted by molar-refractivity contribution is 5.89. The van der Waals surface area contributed by atoms with Crippen LogP contribution in [-0.2, 0) is 17.9 Å². The van der Waals surface area contributed by atoms with Crippen molar-refractivity contribution in [3.8, 4) is 0 Å². The van der Waals surface area contributed by atoms with Crippen molar-refractivity contribution in [2.45, 2.75) is 33.4 Å². The first-order chi connectivity index (χ1) is 12.0. The lowest BCUT2D eigenvalue weighted by atomic mass is 10.2. The Bertz CT molecular complexity index is 883. The number of nitrogens with one attached hydrogen (secondary N) is 1. The molecule has 0 atom stereocenters. The number of aromatic nitrogens is 4. The lowest BCUT2D eigenvalue weighted by molar-refractivity contribution is -0.116. The fourth-order valence-electron chi connectivity index (χ4n) is 2.65. The van der Waals surface area contributed by atoms with Crippen LogP contribution in [0.4, 0.5) is 10.2 Å². The number of amides is 1. The van der Waals surface area contributed by atoms with Gasteiger partial charge in [-0.25, -0.2) is 4.39 Å². The van der Waals surface area contributed by atoms with Gasteiger partial charge in [0.05, 0.1) is 12.2 Å². The number of carbonyl (C=O) groups is 1. The van der Waals surface area contributed by atoms with E-state index in [1.165, 1.54) is 12.1 Å².